The second kappa shape index (κ2) is 8.52. The molecule has 0 unspecified atom stereocenters. The van der Waals surface area contributed by atoms with Crippen LogP contribution in [0, 0.1) is 0 Å². The molecule has 0 bridgehead atoms. The maximum atomic E-state index is 4.62. The first-order chi connectivity index (χ1) is 8.47. The Bertz CT molecular complexity index is 421. The van der Waals surface area contributed by atoms with Crippen LogP contribution in [0.5, 0.6) is 0 Å². The molecule has 0 aromatic carbocycles. The molecule has 1 aromatic rings. The molecule has 0 radical (unpaired) electrons. The maximum absolute atomic E-state index is 4.62. The second-order valence-electron chi connectivity index (χ2n) is 4.97. The third-order valence-corrected chi connectivity index (χ3v) is 3.21. The van der Waals surface area contributed by atoms with Crippen molar-refractivity contribution in [1.29, 1.82) is 0 Å². The van der Waals surface area contributed by atoms with E-state index in [9.17, 15) is 0 Å². The van der Waals surface area contributed by atoms with Crippen molar-refractivity contribution in [1.82, 2.24) is 15.6 Å². The fourth-order valence-electron chi connectivity index (χ4n) is 1.29. The summed E-state index contributed by atoms with van der Waals surface area (Å²) in [7, 11) is 1.75. The lowest BCUT2D eigenvalue weighted by Crippen LogP contribution is -2.36. The molecule has 4 nitrogen and oxygen atoms in total. The number of hydrogen-bond donors (Lipinski definition) is 2. The van der Waals surface area contributed by atoms with Gasteiger partial charge < -0.3 is 10.6 Å². The number of nitrogens with one attached hydrogen (secondary N) is 2. The van der Waals surface area contributed by atoms with Crippen LogP contribution in [0.2, 0.25) is 0 Å². The van der Waals surface area contributed by atoms with E-state index in [0.717, 1.165) is 16.7 Å². The minimum atomic E-state index is 0. The SMILES string of the molecule is C=CCNC(=NC)NCc1nc(C(C)(C)C)cs1.I. The third-order valence-electron chi connectivity index (χ3n) is 2.36. The summed E-state index contributed by atoms with van der Waals surface area (Å²) in [6.45, 7) is 11.6. The van der Waals surface area contributed by atoms with Crippen molar-refractivity contribution in [3.05, 3.63) is 28.7 Å². The zero-order valence-corrected chi connectivity index (χ0v) is 15.1. The molecule has 0 aliphatic rings. The molecule has 0 fully saturated rings. The lowest BCUT2D eigenvalue weighted by Gasteiger charge is -2.14. The number of aliphatic imine (C=N–C) groups is 1. The van der Waals surface area contributed by atoms with Crippen molar-refractivity contribution in [3.63, 3.8) is 0 Å². The Hall–Kier alpha value is -0.630. The smallest absolute Gasteiger partial charge is 0.191 e. The molecule has 6 heteroatoms. The Labute approximate surface area is 136 Å². The maximum Gasteiger partial charge on any atom is 0.191 e. The van der Waals surface area contributed by atoms with Gasteiger partial charge in [-0.15, -0.1) is 41.9 Å². The van der Waals surface area contributed by atoms with E-state index >= 15 is 0 Å². The van der Waals surface area contributed by atoms with Gasteiger partial charge in [0.15, 0.2) is 5.96 Å². The van der Waals surface area contributed by atoms with Gasteiger partial charge in [-0.1, -0.05) is 26.8 Å². The molecular weight excluding hydrogens is 371 g/mol. The van der Waals surface area contributed by atoms with Crippen LogP contribution >= 0.6 is 35.3 Å². The Morgan fingerprint density at radius 1 is 1.47 bits per heavy atom. The van der Waals surface area contributed by atoms with Gasteiger partial charge in [-0.3, -0.25) is 4.99 Å². The van der Waals surface area contributed by atoms with Gasteiger partial charge >= 0.3 is 0 Å². The number of halogens is 1. The molecule has 0 spiro atoms. The quantitative estimate of drug-likeness (QED) is 0.357. The Kier molecular flexibility index (Phi) is 8.24. The van der Waals surface area contributed by atoms with Crippen molar-refractivity contribution >= 4 is 41.3 Å². The van der Waals surface area contributed by atoms with E-state index in [1.807, 2.05) is 0 Å². The first-order valence-electron chi connectivity index (χ1n) is 5.97. The van der Waals surface area contributed by atoms with E-state index in [2.05, 4.69) is 53.3 Å². The van der Waals surface area contributed by atoms with E-state index < -0.39 is 0 Å². The van der Waals surface area contributed by atoms with Gasteiger partial charge in [0.1, 0.15) is 5.01 Å². The van der Waals surface area contributed by atoms with Crippen LogP contribution in [0.3, 0.4) is 0 Å². The zero-order chi connectivity index (χ0) is 13.6. The second-order valence-corrected chi connectivity index (χ2v) is 5.91. The minimum Gasteiger partial charge on any atom is -0.353 e. The molecule has 2 N–H and O–H groups in total. The minimum absolute atomic E-state index is 0. The molecule has 0 amide bonds. The van der Waals surface area contributed by atoms with Crippen LogP contribution < -0.4 is 10.6 Å². The van der Waals surface area contributed by atoms with Crippen molar-refractivity contribution in [2.75, 3.05) is 13.6 Å². The van der Waals surface area contributed by atoms with Crippen LogP contribution in [0.4, 0.5) is 0 Å². The lowest BCUT2D eigenvalue weighted by molar-refractivity contribution is 0.570. The number of guanidine groups is 1. The topological polar surface area (TPSA) is 49.3 Å². The van der Waals surface area contributed by atoms with Crippen LogP contribution in [-0.2, 0) is 12.0 Å². The van der Waals surface area contributed by atoms with E-state index in [1.165, 1.54) is 0 Å². The molecular formula is C13H23IN4S. The van der Waals surface area contributed by atoms with Gasteiger partial charge in [-0.25, -0.2) is 4.98 Å². The first-order valence-corrected chi connectivity index (χ1v) is 6.85. The largest absolute Gasteiger partial charge is 0.353 e. The van der Waals surface area contributed by atoms with Gasteiger partial charge in [0, 0.05) is 24.4 Å². The molecule has 0 aliphatic heterocycles. The summed E-state index contributed by atoms with van der Waals surface area (Å²) in [5.41, 5.74) is 1.25. The molecule has 1 aromatic heterocycles. The predicted molar refractivity (Wildman–Crippen MR) is 94.6 cm³/mol. The molecule has 0 saturated heterocycles. The standard InChI is InChI=1S/C13H22N4S.HI/c1-6-7-15-12(14-5)16-8-11-17-10(9-18-11)13(2,3)4;/h6,9H,1,7-8H2,2-5H3,(H2,14,15,16);1H. The average Bonchev–Trinajstić information content (AvgIpc) is 2.78. The van der Waals surface area contributed by atoms with E-state index in [4.69, 9.17) is 0 Å². The summed E-state index contributed by atoms with van der Waals surface area (Å²) in [5, 5.41) is 9.54. The van der Waals surface area contributed by atoms with Gasteiger partial charge in [-0.2, -0.15) is 0 Å². The van der Waals surface area contributed by atoms with Crippen LogP contribution in [0.25, 0.3) is 0 Å². The Balaban J connectivity index is 0.00000324. The predicted octanol–water partition coefficient (Wildman–Crippen LogP) is 2.91. The van der Waals surface area contributed by atoms with Crippen LogP contribution in [0.1, 0.15) is 31.5 Å². The number of rotatable bonds is 4. The number of thiazole rings is 1. The number of aromatic nitrogens is 1. The first kappa shape index (κ1) is 18.4. The van der Waals surface area contributed by atoms with Gasteiger partial charge in [0.05, 0.1) is 12.2 Å². The van der Waals surface area contributed by atoms with E-state index in [0.29, 0.717) is 13.1 Å². The van der Waals surface area contributed by atoms with Crippen molar-refractivity contribution in [3.8, 4) is 0 Å². The van der Waals surface area contributed by atoms with Crippen LogP contribution in [-0.4, -0.2) is 24.5 Å². The highest BCUT2D eigenvalue weighted by Gasteiger charge is 2.17. The van der Waals surface area contributed by atoms with Gasteiger partial charge in [-0.05, 0) is 0 Å². The van der Waals surface area contributed by atoms with E-state index in [1.54, 1.807) is 24.5 Å². The third kappa shape index (κ3) is 6.38. The summed E-state index contributed by atoms with van der Waals surface area (Å²) in [5.74, 6) is 0.766. The molecule has 19 heavy (non-hydrogen) atoms. The van der Waals surface area contributed by atoms with E-state index in [-0.39, 0.29) is 29.4 Å². The zero-order valence-electron chi connectivity index (χ0n) is 12.0. The molecule has 1 rings (SSSR count). The summed E-state index contributed by atoms with van der Waals surface area (Å²) >= 11 is 1.68. The Morgan fingerprint density at radius 3 is 2.63 bits per heavy atom. The average molecular weight is 394 g/mol. The lowest BCUT2D eigenvalue weighted by atomic mass is 9.93. The van der Waals surface area contributed by atoms with Crippen molar-refractivity contribution in [2.45, 2.75) is 32.7 Å². The molecule has 0 saturated carbocycles. The van der Waals surface area contributed by atoms with Crippen molar-refractivity contribution < 1.29 is 0 Å². The fourth-order valence-corrected chi connectivity index (χ4v) is 2.25. The van der Waals surface area contributed by atoms with Gasteiger partial charge in [0.25, 0.3) is 0 Å². The van der Waals surface area contributed by atoms with Crippen molar-refractivity contribution in [2.24, 2.45) is 4.99 Å². The fraction of sp³-hybridized carbons (Fsp3) is 0.538. The highest BCUT2D eigenvalue weighted by molar-refractivity contribution is 14.0. The molecule has 108 valence electrons. The molecule has 0 atom stereocenters. The Morgan fingerprint density at radius 2 is 2.16 bits per heavy atom. The molecule has 0 aliphatic carbocycles. The van der Waals surface area contributed by atoms with Gasteiger partial charge in [0.2, 0.25) is 0 Å². The number of hydrogen-bond acceptors (Lipinski definition) is 3. The number of nitrogens with zero attached hydrogens (tertiary/aromatic N) is 2. The molecule has 1 heterocycles. The summed E-state index contributed by atoms with van der Waals surface area (Å²) in [6.07, 6.45) is 1.80. The summed E-state index contributed by atoms with van der Waals surface area (Å²) < 4.78 is 0. The monoisotopic (exact) mass is 394 g/mol. The highest BCUT2D eigenvalue weighted by Crippen LogP contribution is 2.23. The summed E-state index contributed by atoms with van der Waals surface area (Å²) in [4.78, 5) is 8.74. The summed E-state index contributed by atoms with van der Waals surface area (Å²) in [6, 6.07) is 0. The normalized spacial score (nSPS) is 11.7. The van der Waals surface area contributed by atoms with Crippen LogP contribution in [0.15, 0.2) is 23.0 Å². The highest BCUT2D eigenvalue weighted by atomic mass is 127.